The molecule has 0 aliphatic carbocycles. The Hall–Kier alpha value is -2.11. The van der Waals surface area contributed by atoms with E-state index in [1.807, 2.05) is 0 Å². The van der Waals surface area contributed by atoms with E-state index in [9.17, 15) is 14.4 Å². The summed E-state index contributed by atoms with van der Waals surface area (Å²) in [4.78, 5) is 38.2. The van der Waals surface area contributed by atoms with E-state index in [2.05, 4.69) is 4.98 Å². The lowest BCUT2D eigenvalue weighted by atomic mass is 10.0. The van der Waals surface area contributed by atoms with E-state index in [4.69, 9.17) is 5.11 Å². The van der Waals surface area contributed by atoms with E-state index in [-0.39, 0.29) is 23.2 Å². The van der Waals surface area contributed by atoms with Crippen LogP contribution in [0.3, 0.4) is 0 Å². The van der Waals surface area contributed by atoms with Gasteiger partial charge in [0, 0.05) is 18.7 Å². The van der Waals surface area contributed by atoms with E-state index < -0.39 is 11.9 Å². The van der Waals surface area contributed by atoms with Crippen LogP contribution in [0, 0.1) is 5.92 Å². The van der Waals surface area contributed by atoms with Crippen molar-refractivity contribution in [2.75, 3.05) is 6.54 Å². The van der Waals surface area contributed by atoms with Crippen LogP contribution in [0.2, 0.25) is 0 Å². The van der Waals surface area contributed by atoms with E-state index in [1.165, 1.54) is 23.1 Å². The summed E-state index contributed by atoms with van der Waals surface area (Å²) in [5, 5.41) is 9.00. The largest absolute Gasteiger partial charge is 0.481 e. The molecule has 1 aliphatic heterocycles. The number of aliphatic carboxylic acids is 1. The fourth-order valence-corrected chi connectivity index (χ4v) is 2.28. The number of aromatic nitrogens is 1. The molecular formula is C12H14N2O4. The molecule has 0 bridgehead atoms. The topological polar surface area (TPSA) is 90.5 Å². The van der Waals surface area contributed by atoms with Crippen LogP contribution in [0.15, 0.2) is 23.0 Å². The third kappa shape index (κ3) is 2.13. The normalized spacial score (nSPS) is 23.1. The molecule has 18 heavy (non-hydrogen) atoms. The summed E-state index contributed by atoms with van der Waals surface area (Å²) in [7, 11) is 0. The van der Waals surface area contributed by atoms with Crippen molar-refractivity contribution in [1.29, 1.82) is 0 Å². The molecule has 6 heteroatoms. The zero-order chi connectivity index (χ0) is 13.3. The fourth-order valence-electron chi connectivity index (χ4n) is 2.28. The van der Waals surface area contributed by atoms with E-state index in [0.29, 0.717) is 13.0 Å². The summed E-state index contributed by atoms with van der Waals surface area (Å²) in [5.41, 5.74) is -0.150. The second-order valence-electron chi connectivity index (χ2n) is 4.40. The summed E-state index contributed by atoms with van der Waals surface area (Å²) in [6.07, 6.45) is 0.444. The number of H-pyrrole nitrogens is 1. The van der Waals surface area contributed by atoms with Crippen LogP contribution in [0.1, 0.15) is 23.8 Å². The van der Waals surface area contributed by atoms with Crippen molar-refractivity contribution in [1.82, 2.24) is 9.88 Å². The molecule has 96 valence electrons. The average molecular weight is 250 g/mol. The molecule has 6 nitrogen and oxygen atoms in total. The summed E-state index contributed by atoms with van der Waals surface area (Å²) >= 11 is 0. The van der Waals surface area contributed by atoms with Gasteiger partial charge in [-0.2, -0.15) is 0 Å². The minimum Gasteiger partial charge on any atom is -0.481 e. The number of likely N-dealkylation sites (tertiary alicyclic amines) is 1. The Labute approximate surface area is 103 Å². The molecule has 1 aromatic rings. The van der Waals surface area contributed by atoms with Gasteiger partial charge in [0.05, 0.1) is 5.92 Å². The number of aromatic amines is 1. The van der Waals surface area contributed by atoms with Gasteiger partial charge >= 0.3 is 5.97 Å². The van der Waals surface area contributed by atoms with Gasteiger partial charge in [0.2, 0.25) is 5.56 Å². The Balaban J connectivity index is 2.21. The highest BCUT2D eigenvalue weighted by Gasteiger charge is 2.38. The van der Waals surface area contributed by atoms with Crippen molar-refractivity contribution in [3.05, 3.63) is 34.2 Å². The third-order valence-electron chi connectivity index (χ3n) is 3.33. The predicted octanol–water partition coefficient (Wildman–Crippen LogP) is 0.310. The van der Waals surface area contributed by atoms with Crippen molar-refractivity contribution in [2.24, 2.45) is 5.92 Å². The van der Waals surface area contributed by atoms with Crippen molar-refractivity contribution < 1.29 is 14.7 Å². The van der Waals surface area contributed by atoms with Gasteiger partial charge in [-0.25, -0.2) is 0 Å². The number of amides is 1. The van der Waals surface area contributed by atoms with Gasteiger partial charge in [-0.1, -0.05) is 6.07 Å². The first-order chi connectivity index (χ1) is 8.50. The van der Waals surface area contributed by atoms with Crippen LogP contribution in [0.5, 0.6) is 0 Å². The van der Waals surface area contributed by atoms with Gasteiger partial charge in [-0.3, -0.25) is 14.4 Å². The molecule has 1 saturated heterocycles. The van der Waals surface area contributed by atoms with Crippen LogP contribution in [0.4, 0.5) is 0 Å². The summed E-state index contributed by atoms with van der Waals surface area (Å²) < 4.78 is 0. The molecule has 0 spiro atoms. The van der Waals surface area contributed by atoms with Gasteiger partial charge in [-0.15, -0.1) is 0 Å². The number of carboxylic acid groups (broad SMARTS) is 1. The summed E-state index contributed by atoms with van der Waals surface area (Å²) in [6.45, 7) is 2.11. The molecule has 0 saturated carbocycles. The fraction of sp³-hybridized carbons (Fsp3) is 0.417. The lowest BCUT2D eigenvalue weighted by Crippen LogP contribution is -2.38. The molecule has 1 fully saturated rings. The van der Waals surface area contributed by atoms with Crippen molar-refractivity contribution in [3.8, 4) is 0 Å². The molecular weight excluding hydrogens is 236 g/mol. The highest BCUT2D eigenvalue weighted by molar-refractivity contribution is 5.93. The first kappa shape index (κ1) is 12.3. The summed E-state index contributed by atoms with van der Waals surface area (Å²) in [6, 6.07) is 3.98. The van der Waals surface area contributed by atoms with Gasteiger partial charge in [0.25, 0.3) is 5.91 Å². The predicted molar refractivity (Wildman–Crippen MR) is 63.3 cm³/mol. The minimum atomic E-state index is -0.889. The number of nitrogens with one attached hydrogen (secondary N) is 1. The molecule has 1 amide bonds. The number of hydrogen-bond donors (Lipinski definition) is 2. The number of hydrogen-bond acceptors (Lipinski definition) is 3. The molecule has 2 N–H and O–H groups in total. The van der Waals surface area contributed by atoms with Crippen LogP contribution in [-0.2, 0) is 4.79 Å². The highest BCUT2D eigenvalue weighted by Crippen LogP contribution is 2.25. The maximum Gasteiger partial charge on any atom is 0.308 e. The Morgan fingerprint density at radius 1 is 1.44 bits per heavy atom. The minimum absolute atomic E-state index is 0.195. The van der Waals surface area contributed by atoms with Crippen LogP contribution in [-0.4, -0.2) is 39.5 Å². The average Bonchev–Trinajstić information content (AvgIpc) is 2.70. The van der Waals surface area contributed by atoms with Crippen molar-refractivity contribution in [2.45, 2.75) is 19.4 Å². The number of nitrogens with zero attached hydrogens (tertiary/aromatic N) is 1. The maximum absolute atomic E-state index is 12.1. The smallest absolute Gasteiger partial charge is 0.308 e. The molecule has 2 unspecified atom stereocenters. The number of carbonyl (C=O) groups is 2. The van der Waals surface area contributed by atoms with Gasteiger partial charge < -0.3 is 15.0 Å². The molecule has 0 aromatic carbocycles. The van der Waals surface area contributed by atoms with E-state index in [1.54, 1.807) is 6.92 Å². The van der Waals surface area contributed by atoms with Gasteiger partial charge in [0.1, 0.15) is 5.69 Å². The first-order valence-electron chi connectivity index (χ1n) is 5.74. The summed E-state index contributed by atoms with van der Waals surface area (Å²) in [5.74, 6) is -1.76. The lowest BCUT2D eigenvalue weighted by Gasteiger charge is -2.22. The zero-order valence-electron chi connectivity index (χ0n) is 9.92. The van der Waals surface area contributed by atoms with Gasteiger partial charge in [-0.05, 0) is 19.4 Å². The van der Waals surface area contributed by atoms with Crippen molar-refractivity contribution in [3.63, 3.8) is 0 Å². The molecule has 2 heterocycles. The number of carboxylic acids is 1. The van der Waals surface area contributed by atoms with Crippen LogP contribution >= 0.6 is 0 Å². The molecule has 1 aromatic heterocycles. The maximum atomic E-state index is 12.1. The highest BCUT2D eigenvalue weighted by atomic mass is 16.4. The SMILES string of the molecule is CC1C(C(=O)O)CCN1C(=O)c1cccc(=O)[nH]1. The van der Waals surface area contributed by atoms with E-state index in [0.717, 1.165) is 0 Å². The second kappa shape index (κ2) is 4.64. The Bertz CT molecular complexity index is 537. The molecule has 0 radical (unpaired) electrons. The Kier molecular flexibility index (Phi) is 3.18. The monoisotopic (exact) mass is 250 g/mol. The van der Waals surface area contributed by atoms with Crippen LogP contribution < -0.4 is 5.56 Å². The lowest BCUT2D eigenvalue weighted by molar-refractivity contribution is -0.142. The molecule has 1 aliphatic rings. The Morgan fingerprint density at radius 2 is 2.17 bits per heavy atom. The zero-order valence-corrected chi connectivity index (χ0v) is 9.92. The standard InChI is InChI=1S/C12H14N2O4/c1-7-8(12(17)18)5-6-14(7)11(16)9-3-2-4-10(15)13-9/h2-4,7-8H,5-6H2,1H3,(H,13,15)(H,17,18). The van der Waals surface area contributed by atoms with E-state index >= 15 is 0 Å². The quantitative estimate of drug-likeness (QED) is 0.790. The van der Waals surface area contributed by atoms with Crippen molar-refractivity contribution >= 4 is 11.9 Å². The van der Waals surface area contributed by atoms with Crippen LogP contribution in [0.25, 0.3) is 0 Å². The van der Waals surface area contributed by atoms with Gasteiger partial charge in [0.15, 0.2) is 0 Å². The number of pyridine rings is 1. The second-order valence-corrected chi connectivity index (χ2v) is 4.40. The number of rotatable bonds is 2. The number of carbonyl (C=O) groups excluding carboxylic acids is 1. The Morgan fingerprint density at radius 3 is 2.72 bits per heavy atom. The molecule has 2 atom stereocenters. The first-order valence-corrected chi connectivity index (χ1v) is 5.74. The molecule has 2 rings (SSSR count). The third-order valence-corrected chi connectivity index (χ3v) is 3.33.